The third kappa shape index (κ3) is 4.41. The van der Waals surface area contributed by atoms with Gasteiger partial charge in [0.2, 0.25) is 5.95 Å². The van der Waals surface area contributed by atoms with E-state index in [1.807, 2.05) is 24.3 Å². The molecule has 7 heteroatoms. The van der Waals surface area contributed by atoms with Gasteiger partial charge >= 0.3 is 0 Å². The van der Waals surface area contributed by atoms with Crippen LogP contribution in [0.15, 0.2) is 29.4 Å². The van der Waals surface area contributed by atoms with Crippen molar-refractivity contribution in [2.24, 2.45) is 0 Å². The molecule has 1 aromatic carbocycles. The highest BCUT2D eigenvalue weighted by molar-refractivity contribution is 7.99. The first-order chi connectivity index (χ1) is 13.7. The molecule has 0 N–H and O–H groups in total. The topological polar surface area (TPSA) is 60.2 Å². The molecule has 0 radical (unpaired) electrons. The van der Waals surface area contributed by atoms with Crippen molar-refractivity contribution >= 4 is 23.5 Å². The minimum absolute atomic E-state index is 0.127. The van der Waals surface area contributed by atoms with Crippen molar-refractivity contribution in [1.82, 2.24) is 14.8 Å². The van der Waals surface area contributed by atoms with Crippen molar-refractivity contribution in [1.29, 1.82) is 0 Å². The molecule has 0 spiro atoms. The van der Waals surface area contributed by atoms with Gasteiger partial charge in [0.25, 0.3) is 0 Å². The fourth-order valence-electron chi connectivity index (χ4n) is 3.83. The molecular formula is C21H28N4O2S. The Morgan fingerprint density at radius 3 is 2.64 bits per heavy atom. The summed E-state index contributed by atoms with van der Waals surface area (Å²) in [5.74, 6) is 1.42. The van der Waals surface area contributed by atoms with E-state index in [1.54, 1.807) is 0 Å². The zero-order chi connectivity index (χ0) is 19.3. The van der Waals surface area contributed by atoms with Crippen LogP contribution in [0.3, 0.4) is 0 Å². The number of aromatic nitrogens is 3. The van der Waals surface area contributed by atoms with E-state index in [9.17, 15) is 4.79 Å². The van der Waals surface area contributed by atoms with Crippen LogP contribution in [0, 0.1) is 0 Å². The normalized spacial score (nSPS) is 19.5. The van der Waals surface area contributed by atoms with Gasteiger partial charge in [0.1, 0.15) is 0 Å². The Balaban J connectivity index is 1.47. The smallest absolute Gasteiger partial charge is 0.228 e. The largest absolute Gasteiger partial charge is 0.376 e. The quantitative estimate of drug-likeness (QED) is 0.498. The molecule has 2 aromatic rings. The van der Waals surface area contributed by atoms with Crippen molar-refractivity contribution in [3.63, 3.8) is 0 Å². The minimum Gasteiger partial charge on any atom is -0.376 e. The lowest BCUT2D eigenvalue weighted by Gasteiger charge is -2.20. The predicted octanol–water partition coefficient (Wildman–Crippen LogP) is 3.59. The highest BCUT2D eigenvalue weighted by Crippen LogP contribution is 2.27. The molecule has 2 fully saturated rings. The zero-order valence-electron chi connectivity index (χ0n) is 16.5. The average Bonchev–Trinajstić information content (AvgIpc) is 3.49. The Labute approximate surface area is 170 Å². The molecule has 0 unspecified atom stereocenters. The number of rotatable bonds is 8. The van der Waals surface area contributed by atoms with E-state index in [-0.39, 0.29) is 11.9 Å². The number of ether oxygens (including phenoxy) is 1. The van der Waals surface area contributed by atoms with Crippen LogP contribution in [-0.2, 0) is 17.7 Å². The van der Waals surface area contributed by atoms with Crippen LogP contribution in [0.2, 0.25) is 0 Å². The van der Waals surface area contributed by atoms with E-state index < -0.39 is 0 Å². The molecule has 0 amide bonds. The molecular weight excluding hydrogens is 372 g/mol. The number of hydrogen-bond donors (Lipinski definition) is 0. The standard InChI is InChI=1S/C21H28N4O2S/c1-2-16-7-9-17(10-8-16)19(26)15-28-21-23-22-20(24-11-3-4-12-24)25(21)14-18-6-5-13-27-18/h7-10,18H,2-6,11-15H2,1H3/t18-/m0/s1. The number of Topliss-reactive ketones (excluding diaryl/α,β-unsaturated/α-hetero) is 1. The molecule has 1 atom stereocenters. The number of ketones is 1. The van der Waals surface area contributed by atoms with Crippen LogP contribution in [-0.4, -0.2) is 52.1 Å². The summed E-state index contributed by atoms with van der Waals surface area (Å²) in [6, 6.07) is 7.91. The lowest BCUT2D eigenvalue weighted by atomic mass is 10.1. The SMILES string of the molecule is CCc1ccc(C(=O)CSc2nnc(N3CCCC3)n2C[C@@H]2CCCO2)cc1. The number of carbonyl (C=O) groups excluding carboxylic acids is 1. The second kappa shape index (κ2) is 9.09. The number of thioether (sulfide) groups is 1. The molecule has 6 nitrogen and oxygen atoms in total. The van der Waals surface area contributed by atoms with E-state index >= 15 is 0 Å². The van der Waals surface area contributed by atoms with E-state index in [0.29, 0.717) is 5.75 Å². The molecule has 0 aliphatic carbocycles. The number of anilines is 1. The summed E-state index contributed by atoms with van der Waals surface area (Å²) in [5, 5.41) is 9.70. The highest BCUT2D eigenvalue weighted by atomic mass is 32.2. The summed E-state index contributed by atoms with van der Waals surface area (Å²) in [6.45, 7) is 5.76. The molecule has 2 saturated heterocycles. The van der Waals surface area contributed by atoms with Crippen LogP contribution < -0.4 is 4.90 Å². The van der Waals surface area contributed by atoms with Gasteiger partial charge in [-0.1, -0.05) is 43.0 Å². The molecule has 2 aliphatic heterocycles. The van der Waals surface area contributed by atoms with E-state index in [2.05, 4.69) is 26.6 Å². The number of hydrogen-bond acceptors (Lipinski definition) is 6. The van der Waals surface area contributed by atoms with Crippen molar-refractivity contribution in [2.45, 2.75) is 56.8 Å². The second-order valence-electron chi connectivity index (χ2n) is 7.48. The van der Waals surface area contributed by atoms with Crippen LogP contribution in [0.5, 0.6) is 0 Å². The third-order valence-corrected chi connectivity index (χ3v) is 6.48. The first-order valence-electron chi connectivity index (χ1n) is 10.3. The van der Waals surface area contributed by atoms with Crippen molar-refractivity contribution in [2.75, 3.05) is 30.3 Å². The first-order valence-corrected chi connectivity index (χ1v) is 11.3. The number of aryl methyl sites for hydroxylation is 1. The maximum atomic E-state index is 12.6. The first kappa shape index (κ1) is 19.5. The zero-order valence-corrected chi connectivity index (χ0v) is 17.3. The average molecular weight is 401 g/mol. The van der Waals surface area contributed by atoms with Crippen molar-refractivity contribution in [3.05, 3.63) is 35.4 Å². The predicted molar refractivity (Wildman–Crippen MR) is 111 cm³/mol. The Kier molecular flexibility index (Phi) is 6.32. The number of carbonyl (C=O) groups is 1. The van der Waals surface area contributed by atoms with Gasteiger partial charge in [-0.05, 0) is 37.7 Å². The van der Waals surface area contributed by atoms with E-state index in [4.69, 9.17) is 4.74 Å². The van der Waals surface area contributed by atoms with Gasteiger partial charge in [0, 0.05) is 25.3 Å². The van der Waals surface area contributed by atoms with Gasteiger partial charge in [-0.3, -0.25) is 9.36 Å². The molecule has 0 bridgehead atoms. The molecule has 28 heavy (non-hydrogen) atoms. The van der Waals surface area contributed by atoms with Gasteiger partial charge in [0.15, 0.2) is 10.9 Å². The Morgan fingerprint density at radius 2 is 1.96 bits per heavy atom. The minimum atomic E-state index is 0.127. The fourth-order valence-corrected chi connectivity index (χ4v) is 4.67. The van der Waals surface area contributed by atoms with Crippen LogP contribution in [0.1, 0.15) is 48.5 Å². The monoisotopic (exact) mass is 400 g/mol. The van der Waals surface area contributed by atoms with E-state index in [1.165, 1.54) is 30.2 Å². The molecule has 1 aromatic heterocycles. The number of nitrogens with zero attached hydrogens (tertiary/aromatic N) is 4. The fraction of sp³-hybridized carbons (Fsp3) is 0.571. The summed E-state index contributed by atoms with van der Waals surface area (Å²) >= 11 is 1.48. The van der Waals surface area contributed by atoms with Crippen LogP contribution in [0.25, 0.3) is 0 Å². The lowest BCUT2D eigenvalue weighted by Crippen LogP contribution is -2.25. The van der Waals surface area contributed by atoms with Crippen molar-refractivity contribution in [3.8, 4) is 0 Å². The Bertz CT molecular complexity index is 793. The maximum absolute atomic E-state index is 12.6. The molecule has 0 saturated carbocycles. The summed E-state index contributed by atoms with van der Waals surface area (Å²) in [7, 11) is 0. The third-order valence-electron chi connectivity index (χ3n) is 5.51. The molecule has 150 valence electrons. The molecule has 2 aliphatic rings. The second-order valence-corrected chi connectivity index (χ2v) is 8.43. The highest BCUT2D eigenvalue weighted by Gasteiger charge is 2.25. The van der Waals surface area contributed by atoms with E-state index in [0.717, 1.165) is 62.2 Å². The Hall–Kier alpha value is -1.86. The van der Waals surface area contributed by atoms with Gasteiger partial charge in [-0.25, -0.2) is 0 Å². The van der Waals surface area contributed by atoms with Crippen molar-refractivity contribution < 1.29 is 9.53 Å². The van der Waals surface area contributed by atoms with Gasteiger partial charge in [-0.15, -0.1) is 10.2 Å². The van der Waals surface area contributed by atoms with Gasteiger partial charge in [0.05, 0.1) is 18.4 Å². The lowest BCUT2D eigenvalue weighted by molar-refractivity contribution is 0.0952. The summed E-state index contributed by atoms with van der Waals surface area (Å²) in [4.78, 5) is 14.9. The maximum Gasteiger partial charge on any atom is 0.228 e. The van der Waals surface area contributed by atoms with Gasteiger partial charge in [-0.2, -0.15) is 0 Å². The van der Waals surface area contributed by atoms with Crippen LogP contribution >= 0.6 is 11.8 Å². The summed E-state index contributed by atoms with van der Waals surface area (Å²) < 4.78 is 8.01. The van der Waals surface area contributed by atoms with Crippen LogP contribution in [0.4, 0.5) is 5.95 Å². The molecule has 4 rings (SSSR count). The number of benzene rings is 1. The summed E-state index contributed by atoms with van der Waals surface area (Å²) in [6.07, 6.45) is 5.78. The molecule has 3 heterocycles. The summed E-state index contributed by atoms with van der Waals surface area (Å²) in [5.41, 5.74) is 2.01. The van der Waals surface area contributed by atoms with Gasteiger partial charge < -0.3 is 9.64 Å². The Morgan fingerprint density at radius 1 is 1.18 bits per heavy atom.